The molecule has 2 aliphatic rings. The molecule has 0 radical (unpaired) electrons. The topological polar surface area (TPSA) is 54.5 Å². The van der Waals surface area contributed by atoms with Crippen molar-refractivity contribution in [3.05, 3.63) is 0 Å². The van der Waals surface area contributed by atoms with Gasteiger partial charge in [0.25, 0.3) is 0 Å². The van der Waals surface area contributed by atoms with Crippen molar-refractivity contribution in [3.8, 4) is 12.3 Å². The maximum absolute atomic E-state index is 12.3. The third-order valence-electron chi connectivity index (χ3n) is 5.19. The first-order valence-corrected chi connectivity index (χ1v) is 7.76. The zero-order chi connectivity index (χ0) is 13.8. The number of carbonyl (C=O) groups is 1. The largest absolute Gasteiger partial charge is 0.311 e. The predicted octanol–water partition coefficient (Wildman–Crippen LogP) is 1.23. The molecule has 2 atom stereocenters. The van der Waals surface area contributed by atoms with Gasteiger partial charge in [0.15, 0.2) is 0 Å². The van der Waals surface area contributed by atoms with Crippen molar-refractivity contribution in [2.75, 3.05) is 12.3 Å². The van der Waals surface area contributed by atoms with Gasteiger partial charge in [0, 0.05) is 6.54 Å². The Hall–Kier alpha value is -1.02. The normalized spacial score (nSPS) is 36.8. The SMILES string of the molecule is C#CC(=O)N1CC2CCC(C)(CS1(=O)=O)C2(C)C. The van der Waals surface area contributed by atoms with Gasteiger partial charge in [-0.15, -0.1) is 6.42 Å². The van der Waals surface area contributed by atoms with E-state index in [1.807, 2.05) is 12.8 Å². The molecule has 2 rings (SSSR count). The second-order valence-corrected chi connectivity index (χ2v) is 8.15. The summed E-state index contributed by atoms with van der Waals surface area (Å²) < 4.78 is 25.5. The van der Waals surface area contributed by atoms with E-state index in [0.717, 1.165) is 17.1 Å². The van der Waals surface area contributed by atoms with Gasteiger partial charge in [0.2, 0.25) is 10.0 Å². The van der Waals surface area contributed by atoms with Gasteiger partial charge in [-0.05, 0) is 35.5 Å². The second kappa shape index (κ2) is 3.74. The third-order valence-corrected chi connectivity index (χ3v) is 7.18. The smallest absolute Gasteiger partial charge is 0.258 e. The Kier molecular flexibility index (Phi) is 2.78. The standard InChI is InChI=1S/C13H19NO3S/c1-5-11(15)14-8-10-6-7-13(4,12(10,2)3)9-18(14,16)17/h1,10H,6-9H2,2-4H3. The van der Waals surface area contributed by atoms with E-state index in [1.165, 1.54) is 0 Å². The van der Waals surface area contributed by atoms with Crippen molar-refractivity contribution in [2.24, 2.45) is 16.7 Å². The Morgan fingerprint density at radius 2 is 2.00 bits per heavy atom. The maximum atomic E-state index is 12.3. The molecule has 18 heavy (non-hydrogen) atoms. The van der Waals surface area contributed by atoms with Crippen LogP contribution in [-0.2, 0) is 14.8 Å². The van der Waals surface area contributed by atoms with Crippen LogP contribution in [-0.4, -0.2) is 30.9 Å². The number of nitrogens with zero attached hydrogens (tertiary/aromatic N) is 1. The van der Waals surface area contributed by atoms with E-state index in [0.29, 0.717) is 0 Å². The molecular weight excluding hydrogens is 250 g/mol. The molecule has 100 valence electrons. The van der Waals surface area contributed by atoms with Crippen LogP contribution < -0.4 is 0 Å². The molecule has 1 heterocycles. The molecule has 1 saturated carbocycles. The predicted molar refractivity (Wildman–Crippen MR) is 68.9 cm³/mol. The molecule has 0 aromatic heterocycles. The van der Waals surface area contributed by atoms with Gasteiger partial charge < -0.3 is 0 Å². The highest BCUT2D eigenvalue weighted by molar-refractivity contribution is 7.89. The number of terminal acetylenes is 1. The summed E-state index contributed by atoms with van der Waals surface area (Å²) in [5, 5.41) is 0. The van der Waals surface area contributed by atoms with Crippen LogP contribution in [0.15, 0.2) is 0 Å². The Bertz CT molecular complexity index is 529. The molecule has 1 aliphatic carbocycles. The van der Waals surface area contributed by atoms with Gasteiger partial charge in [0.05, 0.1) is 5.75 Å². The van der Waals surface area contributed by atoms with E-state index >= 15 is 0 Å². The Morgan fingerprint density at radius 3 is 2.56 bits per heavy atom. The van der Waals surface area contributed by atoms with E-state index < -0.39 is 15.9 Å². The van der Waals surface area contributed by atoms with Gasteiger partial charge in [-0.3, -0.25) is 4.79 Å². The van der Waals surface area contributed by atoms with Crippen LogP contribution in [0.3, 0.4) is 0 Å². The third kappa shape index (κ3) is 1.66. The van der Waals surface area contributed by atoms with Crippen LogP contribution in [0.1, 0.15) is 33.6 Å². The first kappa shape index (κ1) is 13.4. The highest BCUT2D eigenvalue weighted by Crippen LogP contribution is 2.58. The van der Waals surface area contributed by atoms with Gasteiger partial charge in [-0.2, -0.15) is 0 Å². The van der Waals surface area contributed by atoms with Crippen molar-refractivity contribution < 1.29 is 13.2 Å². The highest BCUT2D eigenvalue weighted by Gasteiger charge is 2.57. The molecule has 2 unspecified atom stereocenters. The average Bonchev–Trinajstić information content (AvgIpc) is 2.41. The molecule has 1 saturated heterocycles. The summed E-state index contributed by atoms with van der Waals surface area (Å²) in [4.78, 5) is 11.6. The zero-order valence-electron chi connectivity index (χ0n) is 11.1. The molecule has 2 bridgehead atoms. The highest BCUT2D eigenvalue weighted by atomic mass is 32.2. The van der Waals surface area contributed by atoms with Crippen molar-refractivity contribution in [2.45, 2.75) is 33.6 Å². The fourth-order valence-electron chi connectivity index (χ4n) is 3.32. The monoisotopic (exact) mass is 269 g/mol. The summed E-state index contributed by atoms with van der Waals surface area (Å²) in [5.41, 5.74) is -0.371. The van der Waals surface area contributed by atoms with Gasteiger partial charge in [-0.1, -0.05) is 20.8 Å². The quantitative estimate of drug-likeness (QED) is 0.622. The van der Waals surface area contributed by atoms with Crippen LogP contribution in [0.2, 0.25) is 0 Å². The lowest BCUT2D eigenvalue weighted by molar-refractivity contribution is -0.121. The molecule has 1 aliphatic heterocycles. The summed E-state index contributed by atoms with van der Waals surface area (Å²) >= 11 is 0. The second-order valence-electron chi connectivity index (χ2n) is 6.25. The molecule has 2 fully saturated rings. The molecule has 0 aromatic carbocycles. The molecule has 0 spiro atoms. The first-order valence-electron chi connectivity index (χ1n) is 6.15. The van der Waals surface area contributed by atoms with Gasteiger partial charge >= 0.3 is 5.91 Å². The average molecular weight is 269 g/mol. The van der Waals surface area contributed by atoms with E-state index in [-0.39, 0.29) is 29.0 Å². The molecule has 4 nitrogen and oxygen atoms in total. The molecular formula is C13H19NO3S. The van der Waals surface area contributed by atoms with Crippen molar-refractivity contribution >= 4 is 15.9 Å². The maximum Gasteiger partial charge on any atom is 0.311 e. The first-order chi connectivity index (χ1) is 8.14. The van der Waals surface area contributed by atoms with Crippen molar-refractivity contribution in [1.29, 1.82) is 0 Å². The van der Waals surface area contributed by atoms with E-state index in [2.05, 4.69) is 13.8 Å². The summed E-state index contributed by atoms with van der Waals surface area (Å²) in [7, 11) is -3.59. The Balaban J connectivity index is 2.50. The number of rotatable bonds is 0. The minimum Gasteiger partial charge on any atom is -0.258 e. The van der Waals surface area contributed by atoms with Crippen LogP contribution in [0.25, 0.3) is 0 Å². The molecule has 0 aromatic rings. The zero-order valence-corrected chi connectivity index (χ0v) is 11.9. The number of hydrogen-bond acceptors (Lipinski definition) is 3. The van der Waals surface area contributed by atoms with Crippen molar-refractivity contribution in [3.63, 3.8) is 0 Å². The molecule has 0 N–H and O–H groups in total. The van der Waals surface area contributed by atoms with E-state index in [4.69, 9.17) is 6.42 Å². The van der Waals surface area contributed by atoms with E-state index in [1.54, 1.807) is 0 Å². The molecule has 1 amide bonds. The lowest BCUT2D eigenvalue weighted by Crippen LogP contribution is -2.41. The van der Waals surface area contributed by atoms with Crippen LogP contribution in [0.4, 0.5) is 0 Å². The number of hydrogen-bond donors (Lipinski definition) is 0. The number of sulfonamides is 1. The summed E-state index contributed by atoms with van der Waals surface area (Å²) in [6.07, 6.45) is 6.91. The fourth-order valence-corrected chi connectivity index (χ4v) is 5.51. The van der Waals surface area contributed by atoms with Crippen LogP contribution in [0.5, 0.6) is 0 Å². The lowest BCUT2D eigenvalue weighted by atomic mass is 9.67. The minimum absolute atomic E-state index is 0.0108. The van der Waals surface area contributed by atoms with Crippen LogP contribution >= 0.6 is 0 Å². The summed E-state index contributed by atoms with van der Waals surface area (Å²) in [6.45, 7) is 6.44. The number of amides is 1. The number of carbonyl (C=O) groups excluding carboxylic acids is 1. The minimum atomic E-state index is -3.59. The van der Waals surface area contributed by atoms with Crippen LogP contribution in [0, 0.1) is 29.1 Å². The van der Waals surface area contributed by atoms with Gasteiger partial charge in [0.1, 0.15) is 0 Å². The fraction of sp³-hybridized carbons (Fsp3) is 0.769. The Morgan fingerprint density at radius 1 is 1.39 bits per heavy atom. The van der Waals surface area contributed by atoms with Crippen molar-refractivity contribution in [1.82, 2.24) is 4.31 Å². The molecule has 5 heteroatoms. The van der Waals surface area contributed by atoms with Gasteiger partial charge in [-0.25, -0.2) is 12.7 Å². The Labute approximate surface area is 109 Å². The summed E-state index contributed by atoms with van der Waals surface area (Å²) in [6, 6.07) is 0. The summed E-state index contributed by atoms with van der Waals surface area (Å²) in [5.74, 6) is 1.39. The van der Waals surface area contributed by atoms with E-state index in [9.17, 15) is 13.2 Å². The number of fused-ring (bicyclic) bond motifs is 2. The lowest BCUT2D eigenvalue weighted by Gasteiger charge is -2.38.